The lowest BCUT2D eigenvalue weighted by Gasteiger charge is -2.11. The van der Waals surface area contributed by atoms with E-state index in [-0.39, 0.29) is 11.6 Å². The molecule has 2 rings (SSSR count). The molecule has 0 aliphatic carbocycles. The van der Waals surface area contributed by atoms with Crippen LogP contribution in [-0.4, -0.2) is 32.9 Å². The molecule has 0 atom stereocenters. The third-order valence-electron chi connectivity index (χ3n) is 3.52. The Labute approximate surface area is 153 Å². The van der Waals surface area contributed by atoms with Gasteiger partial charge in [0.15, 0.2) is 0 Å². The average Bonchev–Trinajstić information content (AvgIpc) is 2.55. The number of aryl methyl sites for hydroxylation is 1. The van der Waals surface area contributed by atoms with Gasteiger partial charge in [0.25, 0.3) is 5.91 Å². The lowest BCUT2D eigenvalue weighted by atomic mass is 10.1. The maximum atomic E-state index is 12.3. The van der Waals surface area contributed by atoms with Gasteiger partial charge in [-0.1, -0.05) is 36.4 Å². The summed E-state index contributed by atoms with van der Waals surface area (Å²) in [4.78, 5) is 12.3. The van der Waals surface area contributed by atoms with Crippen LogP contribution in [0.1, 0.15) is 21.5 Å². The molecule has 0 saturated heterocycles. The van der Waals surface area contributed by atoms with Crippen molar-refractivity contribution in [3.05, 3.63) is 65.2 Å². The van der Waals surface area contributed by atoms with E-state index in [0.29, 0.717) is 12.1 Å². The van der Waals surface area contributed by atoms with Crippen LogP contribution in [0.2, 0.25) is 0 Å². The Kier molecular flexibility index (Phi) is 6.90. The van der Waals surface area contributed by atoms with Gasteiger partial charge in [0.05, 0.1) is 17.5 Å². The fraction of sp³-hybridized carbons (Fsp3) is 0.278. The van der Waals surface area contributed by atoms with Gasteiger partial charge in [-0.3, -0.25) is 9.52 Å². The molecule has 0 saturated carbocycles. The van der Waals surface area contributed by atoms with E-state index in [4.69, 9.17) is 0 Å². The second-order valence-corrected chi connectivity index (χ2v) is 8.51. The third kappa shape index (κ3) is 6.43. The number of anilines is 1. The zero-order valence-corrected chi connectivity index (χ0v) is 15.9. The Bertz CT molecular complexity index is 836. The Balaban J connectivity index is 1.84. The monoisotopic (exact) mass is 378 g/mol. The minimum absolute atomic E-state index is 0.287. The summed E-state index contributed by atoms with van der Waals surface area (Å²) < 4.78 is 25.1. The van der Waals surface area contributed by atoms with Gasteiger partial charge in [-0.05, 0) is 30.2 Å². The highest BCUT2D eigenvalue weighted by atomic mass is 32.2. The summed E-state index contributed by atoms with van der Waals surface area (Å²) in [6.07, 6.45) is 1.06. The molecule has 0 aliphatic heterocycles. The molecular formula is C18H22N2O3S2. The lowest BCUT2D eigenvalue weighted by molar-refractivity contribution is 0.0957. The molecule has 0 heterocycles. The van der Waals surface area contributed by atoms with Gasteiger partial charge in [-0.25, -0.2) is 8.42 Å². The van der Waals surface area contributed by atoms with Crippen molar-refractivity contribution in [1.29, 1.82) is 0 Å². The summed E-state index contributed by atoms with van der Waals surface area (Å²) in [7, 11) is -3.43. The molecular weight excluding hydrogens is 356 g/mol. The van der Waals surface area contributed by atoms with Crippen LogP contribution in [0.3, 0.4) is 0 Å². The number of hydrogen-bond acceptors (Lipinski definition) is 4. The van der Waals surface area contributed by atoms with E-state index in [9.17, 15) is 13.2 Å². The molecule has 0 aliphatic rings. The Hall–Kier alpha value is -1.99. The third-order valence-corrected chi connectivity index (χ3v) is 5.12. The SMILES string of the molecule is Cc1ccccc1CSCCNC(=O)c1ccccc1NS(C)(=O)=O. The Morgan fingerprint density at radius 1 is 1.08 bits per heavy atom. The largest absolute Gasteiger partial charge is 0.351 e. The first-order valence-corrected chi connectivity index (χ1v) is 10.9. The van der Waals surface area contributed by atoms with Crippen LogP contribution in [-0.2, 0) is 15.8 Å². The number of nitrogens with one attached hydrogen (secondary N) is 2. The number of hydrogen-bond donors (Lipinski definition) is 2. The van der Waals surface area contributed by atoms with Crippen molar-refractivity contribution < 1.29 is 13.2 Å². The first-order valence-electron chi connectivity index (χ1n) is 7.84. The number of thioether (sulfide) groups is 1. The van der Waals surface area contributed by atoms with Crippen molar-refractivity contribution in [2.75, 3.05) is 23.3 Å². The fourth-order valence-corrected chi connectivity index (χ4v) is 3.77. The second kappa shape index (κ2) is 8.92. The van der Waals surface area contributed by atoms with E-state index in [1.54, 1.807) is 36.0 Å². The van der Waals surface area contributed by atoms with Gasteiger partial charge in [-0.15, -0.1) is 0 Å². The van der Waals surface area contributed by atoms with Crippen molar-refractivity contribution in [1.82, 2.24) is 5.32 Å². The summed E-state index contributed by atoms with van der Waals surface area (Å²) in [5, 5.41) is 2.83. The van der Waals surface area contributed by atoms with E-state index in [2.05, 4.69) is 29.1 Å². The normalized spacial score (nSPS) is 11.1. The quantitative estimate of drug-likeness (QED) is 0.693. The summed E-state index contributed by atoms with van der Waals surface area (Å²) in [6.45, 7) is 2.60. The van der Waals surface area contributed by atoms with Crippen molar-refractivity contribution in [3.63, 3.8) is 0 Å². The molecule has 2 aromatic rings. The fourth-order valence-electron chi connectivity index (χ4n) is 2.26. The topological polar surface area (TPSA) is 75.3 Å². The molecule has 25 heavy (non-hydrogen) atoms. The Morgan fingerprint density at radius 3 is 2.48 bits per heavy atom. The predicted octanol–water partition coefficient (Wildman–Crippen LogP) is 3.03. The summed E-state index contributed by atoms with van der Waals surface area (Å²) in [5.74, 6) is 1.39. The minimum Gasteiger partial charge on any atom is -0.351 e. The number of carbonyl (C=O) groups excluding carboxylic acids is 1. The van der Waals surface area contributed by atoms with Crippen LogP contribution in [0.5, 0.6) is 0 Å². The molecule has 134 valence electrons. The number of sulfonamides is 1. The number of rotatable bonds is 8. The summed E-state index contributed by atoms with van der Waals surface area (Å²) in [6, 6.07) is 14.8. The zero-order chi connectivity index (χ0) is 18.3. The summed E-state index contributed by atoms with van der Waals surface area (Å²) >= 11 is 1.75. The van der Waals surface area contributed by atoms with Crippen molar-refractivity contribution in [2.24, 2.45) is 0 Å². The molecule has 1 amide bonds. The highest BCUT2D eigenvalue weighted by Crippen LogP contribution is 2.17. The lowest BCUT2D eigenvalue weighted by Crippen LogP contribution is -2.27. The maximum absolute atomic E-state index is 12.3. The number of amides is 1. The van der Waals surface area contributed by atoms with E-state index in [0.717, 1.165) is 17.8 Å². The first-order chi connectivity index (χ1) is 11.9. The molecule has 2 aromatic carbocycles. The van der Waals surface area contributed by atoms with E-state index >= 15 is 0 Å². The van der Waals surface area contributed by atoms with Crippen LogP contribution in [0.15, 0.2) is 48.5 Å². The molecule has 0 spiro atoms. The molecule has 0 aromatic heterocycles. The number of para-hydroxylation sites is 1. The smallest absolute Gasteiger partial charge is 0.253 e. The van der Waals surface area contributed by atoms with Gasteiger partial charge in [-0.2, -0.15) is 11.8 Å². The molecule has 7 heteroatoms. The number of carbonyl (C=O) groups is 1. The van der Waals surface area contributed by atoms with Crippen LogP contribution >= 0.6 is 11.8 Å². The van der Waals surface area contributed by atoms with Crippen LogP contribution in [0.25, 0.3) is 0 Å². The van der Waals surface area contributed by atoms with E-state index < -0.39 is 10.0 Å². The van der Waals surface area contributed by atoms with Crippen molar-refractivity contribution in [2.45, 2.75) is 12.7 Å². The zero-order valence-electron chi connectivity index (χ0n) is 14.3. The predicted molar refractivity (Wildman–Crippen MR) is 105 cm³/mol. The maximum Gasteiger partial charge on any atom is 0.253 e. The van der Waals surface area contributed by atoms with E-state index in [1.165, 1.54) is 11.1 Å². The van der Waals surface area contributed by atoms with Gasteiger partial charge in [0, 0.05) is 18.1 Å². The standard InChI is InChI=1S/C18H22N2O3S2/c1-14-7-3-4-8-15(14)13-24-12-11-19-18(21)16-9-5-6-10-17(16)20-25(2,22)23/h3-10,20H,11-13H2,1-2H3,(H,19,21). The highest BCUT2D eigenvalue weighted by molar-refractivity contribution is 7.98. The molecule has 0 bridgehead atoms. The molecule has 2 N–H and O–H groups in total. The molecule has 0 unspecified atom stereocenters. The highest BCUT2D eigenvalue weighted by Gasteiger charge is 2.13. The van der Waals surface area contributed by atoms with Gasteiger partial charge in [0.1, 0.15) is 0 Å². The van der Waals surface area contributed by atoms with Crippen molar-refractivity contribution >= 4 is 33.4 Å². The molecule has 5 nitrogen and oxygen atoms in total. The summed E-state index contributed by atoms with van der Waals surface area (Å²) in [5.41, 5.74) is 3.16. The van der Waals surface area contributed by atoms with Crippen LogP contribution in [0, 0.1) is 6.92 Å². The van der Waals surface area contributed by atoms with Crippen LogP contribution in [0.4, 0.5) is 5.69 Å². The van der Waals surface area contributed by atoms with Gasteiger partial charge in [0.2, 0.25) is 10.0 Å². The van der Waals surface area contributed by atoms with Crippen LogP contribution < -0.4 is 10.0 Å². The minimum atomic E-state index is -3.43. The van der Waals surface area contributed by atoms with Crippen molar-refractivity contribution in [3.8, 4) is 0 Å². The molecule has 0 fully saturated rings. The van der Waals surface area contributed by atoms with E-state index in [1.807, 2.05) is 12.1 Å². The number of benzene rings is 2. The molecule has 0 radical (unpaired) electrons. The van der Waals surface area contributed by atoms with Gasteiger partial charge < -0.3 is 5.32 Å². The Morgan fingerprint density at radius 2 is 1.76 bits per heavy atom. The van der Waals surface area contributed by atoms with Gasteiger partial charge >= 0.3 is 0 Å². The second-order valence-electron chi connectivity index (χ2n) is 5.65. The first kappa shape index (κ1) is 19.3. The average molecular weight is 379 g/mol.